The van der Waals surface area contributed by atoms with E-state index in [1.807, 2.05) is 13.8 Å². The van der Waals surface area contributed by atoms with Crippen LogP contribution >= 0.6 is 0 Å². The summed E-state index contributed by atoms with van der Waals surface area (Å²) in [6, 6.07) is 0. The number of aryl methyl sites for hydroxylation is 3. The fourth-order valence-electron chi connectivity index (χ4n) is 3.01. The van der Waals surface area contributed by atoms with Gasteiger partial charge in [-0.25, -0.2) is 9.97 Å². The highest BCUT2D eigenvalue weighted by molar-refractivity contribution is 5.22. The SMILES string of the molecule is Cc1nc(C2CCC(c3nc(C)c([N+](=O)[O-])o3)CC2)oc1C. The zero-order valence-electron chi connectivity index (χ0n) is 13.0. The van der Waals surface area contributed by atoms with Crippen molar-refractivity contribution in [2.75, 3.05) is 0 Å². The molecule has 1 aliphatic rings. The lowest BCUT2D eigenvalue weighted by Gasteiger charge is -2.24. The van der Waals surface area contributed by atoms with Gasteiger partial charge in [-0.1, -0.05) is 0 Å². The third-order valence-electron chi connectivity index (χ3n) is 4.43. The Labute approximate surface area is 127 Å². The molecule has 7 nitrogen and oxygen atoms in total. The Morgan fingerprint density at radius 2 is 1.45 bits per heavy atom. The predicted molar refractivity (Wildman–Crippen MR) is 77.8 cm³/mol. The highest BCUT2D eigenvalue weighted by Crippen LogP contribution is 2.41. The van der Waals surface area contributed by atoms with Crippen LogP contribution in [0.25, 0.3) is 0 Å². The average molecular weight is 305 g/mol. The van der Waals surface area contributed by atoms with E-state index in [-0.39, 0.29) is 11.8 Å². The topological polar surface area (TPSA) is 95.2 Å². The smallest absolute Gasteiger partial charge is 0.445 e. The summed E-state index contributed by atoms with van der Waals surface area (Å²) in [6.07, 6.45) is 3.61. The minimum Gasteiger partial charge on any atom is -0.445 e. The quantitative estimate of drug-likeness (QED) is 0.629. The number of rotatable bonds is 3. The molecule has 0 radical (unpaired) electrons. The molecule has 2 aromatic heterocycles. The van der Waals surface area contributed by atoms with Crippen LogP contribution in [0.1, 0.15) is 66.4 Å². The number of hydrogen-bond acceptors (Lipinski definition) is 6. The van der Waals surface area contributed by atoms with E-state index in [0.717, 1.165) is 43.0 Å². The van der Waals surface area contributed by atoms with Gasteiger partial charge in [-0.3, -0.25) is 10.1 Å². The molecule has 7 heteroatoms. The molecule has 0 amide bonds. The number of nitrogens with zero attached hydrogens (tertiary/aromatic N) is 3. The van der Waals surface area contributed by atoms with Gasteiger partial charge in [0.05, 0.1) is 5.69 Å². The Hall–Kier alpha value is -2.18. The van der Waals surface area contributed by atoms with Crippen LogP contribution < -0.4 is 0 Å². The number of aromatic nitrogens is 2. The van der Waals surface area contributed by atoms with Gasteiger partial charge in [0.2, 0.25) is 5.89 Å². The van der Waals surface area contributed by atoms with Crippen LogP contribution in [0.4, 0.5) is 5.88 Å². The Bertz CT molecular complexity index is 676. The van der Waals surface area contributed by atoms with Gasteiger partial charge in [0.1, 0.15) is 10.7 Å². The van der Waals surface area contributed by atoms with Crippen molar-refractivity contribution in [1.82, 2.24) is 9.97 Å². The largest absolute Gasteiger partial charge is 0.456 e. The van der Waals surface area contributed by atoms with Crippen molar-refractivity contribution in [2.24, 2.45) is 0 Å². The van der Waals surface area contributed by atoms with Crippen LogP contribution in [0.5, 0.6) is 0 Å². The minimum absolute atomic E-state index is 0.140. The summed E-state index contributed by atoms with van der Waals surface area (Å²) in [7, 11) is 0. The lowest BCUT2D eigenvalue weighted by Crippen LogP contribution is -2.12. The zero-order chi connectivity index (χ0) is 15.9. The molecule has 0 unspecified atom stereocenters. The fraction of sp³-hybridized carbons (Fsp3) is 0.600. The van der Waals surface area contributed by atoms with Gasteiger partial charge >= 0.3 is 5.88 Å². The summed E-state index contributed by atoms with van der Waals surface area (Å²) < 4.78 is 11.0. The molecular formula is C15H19N3O4. The van der Waals surface area contributed by atoms with Crippen molar-refractivity contribution in [3.8, 4) is 0 Å². The first-order chi connectivity index (χ1) is 10.5. The maximum absolute atomic E-state index is 10.8. The van der Waals surface area contributed by atoms with Crippen molar-refractivity contribution >= 4 is 5.88 Å². The average Bonchev–Trinajstić information content (AvgIpc) is 3.03. The molecule has 0 saturated heterocycles. The highest BCUT2D eigenvalue weighted by Gasteiger charge is 2.31. The molecule has 0 atom stereocenters. The minimum atomic E-state index is -0.518. The molecule has 2 aromatic rings. The molecule has 1 aliphatic carbocycles. The summed E-state index contributed by atoms with van der Waals surface area (Å²) in [6.45, 7) is 5.48. The van der Waals surface area contributed by atoms with Crippen LogP contribution in [0.3, 0.4) is 0 Å². The number of oxazole rings is 2. The Kier molecular flexibility index (Phi) is 3.72. The van der Waals surface area contributed by atoms with Gasteiger partial charge in [0, 0.05) is 11.8 Å². The first kappa shape index (κ1) is 14.7. The van der Waals surface area contributed by atoms with Gasteiger partial charge in [-0.2, -0.15) is 0 Å². The molecule has 0 aromatic carbocycles. The lowest BCUT2D eigenvalue weighted by atomic mass is 9.82. The Morgan fingerprint density at radius 3 is 1.86 bits per heavy atom. The van der Waals surface area contributed by atoms with E-state index in [4.69, 9.17) is 8.83 Å². The summed E-state index contributed by atoms with van der Waals surface area (Å²) >= 11 is 0. The second-order valence-electron chi connectivity index (χ2n) is 5.94. The zero-order valence-corrected chi connectivity index (χ0v) is 13.0. The van der Waals surface area contributed by atoms with Crippen LogP contribution in [0.15, 0.2) is 8.83 Å². The molecule has 3 rings (SSSR count). The predicted octanol–water partition coefficient (Wildman–Crippen LogP) is 3.94. The van der Waals surface area contributed by atoms with Crippen LogP contribution in [0, 0.1) is 30.9 Å². The highest BCUT2D eigenvalue weighted by atomic mass is 16.6. The number of hydrogen-bond donors (Lipinski definition) is 0. The molecule has 118 valence electrons. The monoisotopic (exact) mass is 305 g/mol. The first-order valence-electron chi connectivity index (χ1n) is 7.51. The summed E-state index contributed by atoms with van der Waals surface area (Å²) in [4.78, 5) is 19.0. The van der Waals surface area contributed by atoms with Crippen molar-refractivity contribution in [3.63, 3.8) is 0 Å². The molecule has 0 bridgehead atoms. The Morgan fingerprint density at radius 1 is 0.955 bits per heavy atom. The molecule has 0 spiro atoms. The van der Waals surface area contributed by atoms with Crippen molar-refractivity contribution in [1.29, 1.82) is 0 Å². The van der Waals surface area contributed by atoms with Gasteiger partial charge < -0.3 is 8.83 Å². The summed E-state index contributed by atoms with van der Waals surface area (Å²) in [5.74, 6) is 2.38. The van der Waals surface area contributed by atoms with E-state index < -0.39 is 4.92 Å². The van der Waals surface area contributed by atoms with Crippen LogP contribution in [-0.4, -0.2) is 14.9 Å². The molecule has 0 aliphatic heterocycles. The van der Waals surface area contributed by atoms with Crippen LogP contribution in [-0.2, 0) is 0 Å². The third-order valence-corrected chi connectivity index (χ3v) is 4.43. The second kappa shape index (κ2) is 5.55. The standard InChI is InChI=1S/C15H19N3O4/c1-8-10(3)21-13(16-8)11-4-6-12(7-5-11)14-17-9(2)15(22-14)18(19)20/h11-12H,4-7H2,1-3H3. The number of nitro groups is 1. The van der Waals surface area contributed by atoms with E-state index in [1.54, 1.807) is 6.92 Å². The van der Waals surface area contributed by atoms with Crippen molar-refractivity contribution in [2.45, 2.75) is 58.3 Å². The van der Waals surface area contributed by atoms with E-state index in [1.165, 1.54) is 0 Å². The van der Waals surface area contributed by atoms with Crippen molar-refractivity contribution in [3.05, 3.63) is 39.0 Å². The van der Waals surface area contributed by atoms with Gasteiger partial charge in [-0.15, -0.1) is 0 Å². The van der Waals surface area contributed by atoms with Gasteiger partial charge in [0.15, 0.2) is 11.6 Å². The van der Waals surface area contributed by atoms with E-state index in [2.05, 4.69) is 9.97 Å². The van der Waals surface area contributed by atoms with Gasteiger partial charge in [-0.05, 0) is 46.5 Å². The van der Waals surface area contributed by atoms with E-state index in [9.17, 15) is 10.1 Å². The van der Waals surface area contributed by atoms with Crippen molar-refractivity contribution < 1.29 is 13.8 Å². The fourth-order valence-corrected chi connectivity index (χ4v) is 3.01. The Balaban J connectivity index is 1.69. The van der Waals surface area contributed by atoms with Gasteiger partial charge in [0.25, 0.3) is 0 Å². The van der Waals surface area contributed by atoms with E-state index >= 15 is 0 Å². The maximum atomic E-state index is 10.8. The lowest BCUT2D eigenvalue weighted by molar-refractivity contribution is -0.403. The molecule has 2 heterocycles. The molecule has 1 fully saturated rings. The second-order valence-corrected chi connectivity index (χ2v) is 5.94. The van der Waals surface area contributed by atoms with E-state index in [0.29, 0.717) is 17.5 Å². The first-order valence-corrected chi connectivity index (χ1v) is 7.51. The molecule has 22 heavy (non-hydrogen) atoms. The molecular weight excluding hydrogens is 286 g/mol. The molecule has 0 N–H and O–H groups in total. The molecule has 1 saturated carbocycles. The summed E-state index contributed by atoms with van der Waals surface area (Å²) in [5, 5.41) is 10.8. The maximum Gasteiger partial charge on any atom is 0.456 e. The van der Waals surface area contributed by atoms with Crippen LogP contribution in [0.2, 0.25) is 0 Å². The summed E-state index contributed by atoms with van der Waals surface area (Å²) in [5.41, 5.74) is 1.29. The normalized spacial score (nSPS) is 22.0. The third kappa shape index (κ3) is 2.63.